The van der Waals surface area contributed by atoms with Crippen molar-refractivity contribution < 1.29 is 0 Å². The number of nitrogens with zero attached hydrogens (tertiary/aromatic N) is 2. The number of H-pyrrole nitrogens is 1. The third kappa shape index (κ3) is 2.27. The Morgan fingerprint density at radius 3 is 2.88 bits per heavy atom. The van der Waals surface area contributed by atoms with Crippen LogP contribution in [0.15, 0.2) is 12.3 Å². The Labute approximate surface area is 107 Å². The van der Waals surface area contributed by atoms with Gasteiger partial charge in [0.05, 0.1) is 5.52 Å². The van der Waals surface area contributed by atoms with Gasteiger partial charge in [0.25, 0.3) is 0 Å². The van der Waals surface area contributed by atoms with Gasteiger partial charge in [-0.2, -0.15) is 0 Å². The second kappa shape index (κ2) is 5.00. The SMILES string of the molecule is CCCC(CC)n1c(=S)[nH]c2cc(C)cnc21. The second-order valence-electron chi connectivity index (χ2n) is 4.53. The molecule has 1 atom stereocenters. The van der Waals surface area contributed by atoms with Gasteiger partial charge in [0.1, 0.15) is 0 Å². The van der Waals surface area contributed by atoms with E-state index in [-0.39, 0.29) is 0 Å². The average molecular weight is 249 g/mol. The van der Waals surface area contributed by atoms with Gasteiger partial charge in [0, 0.05) is 12.2 Å². The summed E-state index contributed by atoms with van der Waals surface area (Å²) in [4.78, 5) is 7.77. The topological polar surface area (TPSA) is 33.6 Å². The zero-order chi connectivity index (χ0) is 12.4. The van der Waals surface area contributed by atoms with E-state index in [1.807, 2.05) is 13.1 Å². The van der Waals surface area contributed by atoms with Crippen molar-refractivity contribution in [2.24, 2.45) is 0 Å². The molecule has 0 aromatic carbocycles. The molecule has 2 rings (SSSR count). The van der Waals surface area contributed by atoms with E-state index in [9.17, 15) is 0 Å². The number of nitrogens with one attached hydrogen (secondary N) is 1. The number of hydrogen-bond acceptors (Lipinski definition) is 2. The summed E-state index contributed by atoms with van der Waals surface area (Å²) < 4.78 is 2.96. The van der Waals surface area contributed by atoms with Crippen LogP contribution in [0.1, 0.15) is 44.7 Å². The van der Waals surface area contributed by atoms with Gasteiger partial charge in [0.15, 0.2) is 10.4 Å². The van der Waals surface area contributed by atoms with E-state index < -0.39 is 0 Å². The van der Waals surface area contributed by atoms with Crippen LogP contribution in [0.25, 0.3) is 11.2 Å². The number of hydrogen-bond donors (Lipinski definition) is 1. The van der Waals surface area contributed by atoms with E-state index in [0.717, 1.165) is 34.3 Å². The van der Waals surface area contributed by atoms with E-state index >= 15 is 0 Å². The number of aromatic amines is 1. The number of imidazole rings is 1. The van der Waals surface area contributed by atoms with Gasteiger partial charge in [-0.25, -0.2) is 4.98 Å². The molecule has 4 heteroatoms. The second-order valence-corrected chi connectivity index (χ2v) is 4.92. The van der Waals surface area contributed by atoms with Gasteiger partial charge in [-0.05, 0) is 43.6 Å². The number of pyridine rings is 1. The Morgan fingerprint density at radius 1 is 1.47 bits per heavy atom. The lowest BCUT2D eigenvalue weighted by atomic mass is 10.1. The van der Waals surface area contributed by atoms with Crippen molar-refractivity contribution in [3.63, 3.8) is 0 Å². The molecular formula is C13H19N3S. The van der Waals surface area contributed by atoms with E-state index in [1.54, 1.807) is 0 Å². The van der Waals surface area contributed by atoms with E-state index in [0.29, 0.717) is 6.04 Å². The number of aromatic nitrogens is 3. The molecule has 0 spiro atoms. The molecule has 2 aromatic rings. The first-order valence-corrected chi connectivity index (χ1v) is 6.65. The van der Waals surface area contributed by atoms with Gasteiger partial charge in [0.2, 0.25) is 0 Å². The fourth-order valence-corrected chi connectivity index (χ4v) is 2.65. The average Bonchev–Trinajstić information content (AvgIpc) is 2.61. The predicted molar refractivity (Wildman–Crippen MR) is 73.9 cm³/mol. The molecular weight excluding hydrogens is 230 g/mol. The van der Waals surface area contributed by atoms with Crippen LogP contribution in [0, 0.1) is 11.7 Å². The van der Waals surface area contributed by atoms with E-state index in [2.05, 4.69) is 34.4 Å². The first-order valence-electron chi connectivity index (χ1n) is 6.24. The minimum absolute atomic E-state index is 0.455. The fourth-order valence-electron chi connectivity index (χ4n) is 2.31. The molecule has 0 saturated heterocycles. The Balaban J connectivity index is 2.59. The van der Waals surface area contributed by atoms with Crippen LogP contribution >= 0.6 is 12.2 Å². The molecule has 1 N–H and O–H groups in total. The summed E-state index contributed by atoms with van der Waals surface area (Å²) in [7, 11) is 0. The maximum atomic E-state index is 5.42. The van der Waals surface area contributed by atoms with Crippen molar-refractivity contribution >= 4 is 23.4 Å². The minimum atomic E-state index is 0.455. The highest BCUT2D eigenvalue weighted by atomic mass is 32.1. The smallest absolute Gasteiger partial charge is 0.179 e. The van der Waals surface area contributed by atoms with Crippen molar-refractivity contribution in [3.05, 3.63) is 22.6 Å². The summed E-state index contributed by atoms with van der Waals surface area (Å²) in [5.74, 6) is 0. The van der Waals surface area contributed by atoms with Gasteiger partial charge < -0.3 is 4.98 Å². The summed E-state index contributed by atoms with van der Waals surface area (Å²) >= 11 is 5.42. The molecule has 0 saturated carbocycles. The molecule has 0 amide bonds. The summed E-state index contributed by atoms with van der Waals surface area (Å²) in [5, 5.41) is 0. The van der Waals surface area contributed by atoms with Crippen molar-refractivity contribution in [1.82, 2.24) is 14.5 Å². The molecule has 3 nitrogen and oxygen atoms in total. The quantitative estimate of drug-likeness (QED) is 0.826. The van der Waals surface area contributed by atoms with Crippen LogP contribution in [0.5, 0.6) is 0 Å². The van der Waals surface area contributed by atoms with Crippen LogP contribution in [0.4, 0.5) is 0 Å². The predicted octanol–water partition coefficient (Wildman–Crippen LogP) is 4.15. The highest BCUT2D eigenvalue weighted by Gasteiger charge is 2.13. The molecule has 0 bridgehead atoms. The molecule has 92 valence electrons. The third-order valence-corrected chi connectivity index (χ3v) is 3.45. The number of aryl methyl sites for hydroxylation is 1. The first kappa shape index (κ1) is 12.3. The molecule has 0 aliphatic carbocycles. The Kier molecular flexibility index (Phi) is 3.62. The molecule has 2 aromatic heterocycles. The molecule has 2 heterocycles. The zero-order valence-electron chi connectivity index (χ0n) is 10.7. The molecule has 0 fully saturated rings. The summed E-state index contributed by atoms with van der Waals surface area (Å²) in [6.45, 7) is 6.46. The van der Waals surface area contributed by atoms with Gasteiger partial charge in [-0.15, -0.1) is 0 Å². The highest BCUT2D eigenvalue weighted by Crippen LogP contribution is 2.23. The first-order chi connectivity index (χ1) is 8.17. The molecule has 17 heavy (non-hydrogen) atoms. The Bertz CT molecular complexity index is 568. The number of fused-ring (bicyclic) bond motifs is 1. The highest BCUT2D eigenvalue weighted by molar-refractivity contribution is 7.71. The Morgan fingerprint density at radius 2 is 2.24 bits per heavy atom. The lowest BCUT2D eigenvalue weighted by Crippen LogP contribution is -2.08. The molecule has 0 radical (unpaired) electrons. The normalized spacial score (nSPS) is 13.1. The minimum Gasteiger partial charge on any atom is -0.329 e. The summed E-state index contributed by atoms with van der Waals surface area (Å²) in [6, 6.07) is 2.56. The lowest BCUT2D eigenvalue weighted by Gasteiger charge is -2.16. The maximum absolute atomic E-state index is 5.42. The fraction of sp³-hybridized carbons (Fsp3) is 0.538. The van der Waals surface area contributed by atoms with Crippen LogP contribution in [-0.4, -0.2) is 14.5 Å². The Hall–Kier alpha value is -1.16. The molecule has 0 aliphatic heterocycles. The van der Waals surface area contributed by atoms with Gasteiger partial charge in [-0.3, -0.25) is 4.57 Å². The number of rotatable bonds is 4. The van der Waals surface area contributed by atoms with Gasteiger partial charge in [-0.1, -0.05) is 20.3 Å². The van der Waals surface area contributed by atoms with Crippen molar-refractivity contribution in [3.8, 4) is 0 Å². The maximum Gasteiger partial charge on any atom is 0.179 e. The zero-order valence-corrected chi connectivity index (χ0v) is 11.5. The van der Waals surface area contributed by atoms with Crippen molar-refractivity contribution in [2.75, 3.05) is 0 Å². The van der Waals surface area contributed by atoms with E-state index in [4.69, 9.17) is 12.2 Å². The standard InChI is InChI=1S/C13H19N3S/c1-4-6-10(5-2)16-12-11(15-13(16)17)7-9(3)8-14-12/h7-8,10H,4-6H2,1-3H3,(H,15,17). The molecule has 1 unspecified atom stereocenters. The van der Waals surface area contributed by atoms with E-state index in [1.165, 1.54) is 6.42 Å². The van der Waals surface area contributed by atoms with Crippen LogP contribution in [0.3, 0.4) is 0 Å². The summed E-state index contributed by atoms with van der Waals surface area (Å²) in [6.07, 6.45) is 5.30. The van der Waals surface area contributed by atoms with Crippen molar-refractivity contribution in [2.45, 2.75) is 46.1 Å². The van der Waals surface area contributed by atoms with Crippen LogP contribution in [0.2, 0.25) is 0 Å². The van der Waals surface area contributed by atoms with Crippen molar-refractivity contribution in [1.29, 1.82) is 0 Å². The molecule has 0 aliphatic rings. The largest absolute Gasteiger partial charge is 0.329 e. The van der Waals surface area contributed by atoms with Crippen LogP contribution < -0.4 is 0 Å². The third-order valence-electron chi connectivity index (χ3n) is 3.15. The van der Waals surface area contributed by atoms with Crippen LogP contribution in [-0.2, 0) is 0 Å². The van der Waals surface area contributed by atoms with Gasteiger partial charge >= 0.3 is 0 Å². The monoisotopic (exact) mass is 249 g/mol. The lowest BCUT2D eigenvalue weighted by molar-refractivity contribution is 0.451. The summed E-state index contributed by atoms with van der Waals surface area (Å²) in [5.41, 5.74) is 3.19.